The molecule has 2 heterocycles. The zero-order valence-corrected chi connectivity index (χ0v) is 15.7. The Kier molecular flexibility index (Phi) is 6.03. The van der Waals surface area contributed by atoms with E-state index in [4.69, 9.17) is 26.2 Å². The molecule has 0 amide bonds. The Morgan fingerprint density at radius 2 is 2.08 bits per heavy atom. The molecule has 0 fully saturated rings. The van der Waals surface area contributed by atoms with Gasteiger partial charge in [-0.15, -0.1) is 0 Å². The lowest BCUT2D eigenvalue weighted by molar-refractivity contribution is 0.0915. The Morgan fingerprint density at radius 3 is 2.77 bits per heavy atom. The average Bonchev–Trinajstić information content (AvgIpc) is 3.07. The number of ether oxygens (including phenoxy) is 2. The molecule has 0 saturated heterocycles. The summed E-state index contributed by atoms with van der Waals surface area (Å²) in [5.74, 6) is 1.31. The first-order valence-corrected chi connectivity index (χ1v) is 9.00. The van der Waals surface area contributed by atoms with Crippen LogP contribution in [0.4, 0.5) is 0 Å². The molecule has 3 rings (SSSR count). The van der Waals surface area contributed by atoms with E-state index in [-0.39, 0.29) is 6.61 Å². The highest BCUT2D eigenvalue weighted by Crippen LogP contribution is 2.34. The SMILES string of the molecule is CCOc1cc(CN2CCn3nc(C(O)CO)cc3C2)c(Cl)cc1OC. The number of aliphatic hydroxyl groups excluding tert-OH is 2. The molecular formula is C18H24ClN3O4. The van der Waals surface area contributed by atoms with Crippen molar-refractivity contribution in [3.8, 4) is 11.5 Å². The van der Waals surface area contributed by atoms with Gasteiger partial charge in [-0.2, -0.15) is 5.10 Å². The van der Waals surface area contributed by atoms with Gasteiger partial charge in [0.1, 0.15) is 6.10 Å². The molecular weight excluding hydrogens is 358 g/mol. The van der Waals surface area contributed by atoms with Gasteiger partial charge in [0.2, 0.25) is 0 Å². The third-order valence-electron chi connectivity index (χ3n) is 4.44. The summed E-state index contributed by atoms with van der Waals surface area (Å²) < 4.78 is 12.9. The van der Waals surface area contributed by atoms with Crippen molar-refractivity contribution in [2.45, 2.75) is 32.7 Å². The molecule has 1 aromatic carbocycles. The van der Waals surface area contributed by atoms with Crippen LogP contribution in [0.15, 0.2) is 18.2 Å². The first kappa shape index (κ1) is 19.0. The Hall–Kier alpha value is -1.80. The molecule has 1 aliphatic heterocycles. The summed E-state index contributed by atoms with van der Waals surface area (Å²) in [5, 5.41) is 23.9. The van der Waals surface area contributed by atoms with Gasteiger partial charge in [-0.25, -0.2) is 0 Å². The predicted molar refractivity (Wildman–Crippen MR) is 97.6 cm³/mol. The molecule has 0 radical (unpaired) electrons. The van der Waals surface area contributed by atoms with Gasteiger partial charge in [0.05, 0.1) is 38.3 Å². The fourth-order valence-corrected chi connectivity index (χ4v) is 3.31. The van der Waals surface area contributed by atoms with E-state index in [2.05, 4.69) is 10.00 Å². The number of hydrogen-bond acceptors (Lipinski definition) is 6. The van der Waals surface area contributed by atoms with E-state index in [1.54, 1.807) is 13.2 Å². The summed E-state index contributed by atoms with van der Waals surface area (Å²) in [6.45, 7) is 5.05. The van der Waals surface area contributed by atoms with Gasteiger partial charge in [-0.1, -0.05) is 11.6 Å². The second kappa shape index (κ2) is 8.26. The number of aliphatic hydroxyl groups is 2. The van der Waals surface area contributed by atoms with Gasteiger partial charge < -0.3 is 19.7 Å². The molecule has 7 nitrogen and oxygen atoms in total. The second-order valence-electron chi connectivity index (χ2n) is 6.22. The number of methoxy groups -OCH3 is 1. The summed E-state index contributed by atoms with van der Waals surface area (Å²) >= 11 is 6.42. The van der Waals surface area contributed by atoms with Crippen molar-refractivity contribution in [2.75, 3.05) is 26.9 Å². The van der Waals surface area contributed by atoms with E-state index in [0.29, 0.717) is 41.9 Å². The van der Waals surface area contributed by atoms with Crippen molar-refractivity contribution in [3.05, 3.63) is 40.2 Å². The van der Waals surface area contributed by atoms with Crippen LogP contribution in [0.3, 0.4) is 0 Å². The first-order valence-electron chi connectivity index (χ1n) is 8.62. The minimum atomic E-state index is -0.939. The summed E-state index contributed by atoms with van der Waals surface area (Å²) in [5.41, 5.74) is 2.48. The van der Waals surface area contributed by atoms with Crippen LogP contribution in [0.25, 0.3) is 0 Å². The van der Waals surface area contributed by atoms with Crippen LogP contribution in [-0.4, -0.2) is 51.8 Å². The molecule has 0 spiro atoms. The van der Waals surface area contributed by atoms with Crippen LogP contribution < -0.4 is 9.47 Å². The van der Waals surface area contributed by atoms with E-state index >= 15 is 0 Å². The molecule has 1 aromatic heterocycles. The van der Waals surface area contributed by atoms with Crippen molar-refractivity contribution < 1.29 is 19.7 Å². The van der Waals surface area contributed by atoms with E-state index in [1.165, 1.54) is 0 Å². The van der Waals surface area contributed by atoms with Gasteiger partial charge in [0.25, 0.3) is 0 Å². The molecule has 2 aromatic rings. The van der Waals surface area contributed by atoms with Gasteiger partial charge >= 0.3 is 0 Å². The zero-order chi connectivity index (χ0) is 18.7. The largest absolute Gasteiger partial charge is 0.493 e. The number of fused-ring (bicyclic) bond motifs is 1. The smallest absolute Gasteiger partial charge is 0.162 e. The third kappa shape index (κ3) is 3.96. The normalized spacial score (nSPS) is 15.6. The van der Waals surface area contributed by atoms with Crippen molar-refractivity contribution in [3.63, 3.8) is 0 Å². The van der Waals surface area contributed by atoms with Crippen molar-refractivity contribution in [1.29, 1.82) is 0 Å². The van der Waals surface area contributed by atoms with E-state index < -0.39 is 6.10 Å². The van der Waals surface area contributed by atoms with Gasteiger partial charge in [0.15, 0.2) is 11.5 Å². The first-order chi connectivity index (χ1) is 12.5. The Labute approximate surface area is 157 Å². The topological polar surface area (TPSA) is 80.0 Å². The quantitative estimate of drug-likeness (QED) is 0.763. The number of halogens is 1. The molecule has 1 unspecified atom stereocenters. The maximum atomic E-state index is 9.76. The van der Waals surface area contributed by atoms with Gasteiger partial charge in [-0.05, 0) is 24.6 Å². The van der Waals surface area contributed by atoms with Crippen molar-refractivity contribution in [2.24, 2.45) is 0 Å². The summed E-state index contributed by atoms with van der Waals surface area (Å²) in [6, 6.07) is 5.55. The summed E-state index contributed by atoms with van der Waals surface area (Å²) in [4.78, 5) is 2.26. The minimum absolute atomic E-state index is 0.332. The molecule has 0 saturated carbocycles. The van der Waals surface area contributed by atoms with Crippen LogP contribution in [0, 0.1) is 0 Å². The maximum absolute atomic E-state index is 9.76. The van der Waals surface area contributed by atoms with Crippen LogP contribution in [0.1, 0.15) is 30.0 Å². The lowest BCUT2D eigenvalue weighted by Gasteiger charge is -2.28. The van der Waals surface area contributed by atoms with Crippen LogP contribution >= 0.6 is 11.6 Å². The van der Waals surface area contributed by atoms with E-state index in [9.17, 15) is 5.11 Å². The number of rotatable bonds is 7. The molecule has 26 heavy (non-hydrogen) atoms. The van der Waals surface area contributed by atoms with Gasteiger partial charge in [0, 0.05) is 30.7 Å². The summed E-state index contributed by atoms with van der Waals surface area (Å²) in [6.07, 6.45) is -0.939. The Bertz CT molecular complexity index is 765. The fourth-order valence-electron chi connectivity index (χ4n) is 3.10. The molecule has 1 aliphatic rings. The summed E-state index contributed by atoms with van der Waals surface area (Å²) in [7, 11) is 1.60. The highest BCUT2D eigenvalue weighted by Gasteiger charge is 2.22. The average molecular weight is 382 g/mol. The number of hydrogen-bond donors (Lipinski definition) is 2. The molecule has 2 N–H and O–H groups in total. The van der Waals surface area contributed by atoms with E-state index in [0.717, 1.165) is 24.3 Å². The van der Waals surface area contributed by atoms with Crippen LogP contribution in [0.5, 0.6) is 11.5 Å². The zero-order valence-electron chi connectivity index (χ0n) is 15.0. The minimum Gasteiger partial charge on any atom is -0.493 e. The molecule has 142 valence electrons. The Balaban J connectivity index is 1.76. The Morgan fingerprint density at radius 1 is 1.27 bits per heavy atom. The lowest BCUT2D eigenvalue weighted by atomic mass is 10.1. The number of aromatic nitrogens is 2. The number of nitrogens with zero attached hydrogens (tertiary/aromatic N) is 3. The molecule has 1 atom stereocenters. The molecule has 8 heteroatoms. The highest BCUT2D eigenvalue weighted by atomic mass is 35.5. The van der Waals surface area contributed by atoms with Crippen LogP contribution in [0.2, 0.25) is 5.02 Å². The van der Waals surface area contributed by atoms with Gasteiger partial charge in [-0.3, -0.25) is 9.58 Å². The van der Waals surface area contributed by atoms with E-state index in [1.807, 2.05) is 23.7 Å². The second-order valence-corrected chi connectivity index (χ2v) is 6.63. The standard InChI is InChI=1S/C18H24ClN3O4/c1-3-26-18-6-12(14(19)8-17(18)25-2)9-21-4-5-22-13(10-21)7-15(20-22)16(24)11-23/h6-8,16,23-24H,3-5,9-11H2,1-2H3. The lowest BCUT2D eigenvalue weighted by Crippen LogP contribution is -2.33. The fraction of sp³-hybridized carbons (Fsp3) is 0.500. The molecule has 0 aliphatic carbocycles. The number of benzene rings is 1. The maximum Gasteiger partial charge on any atom is 0.162 e. The molecule has 0 bridgehead atoms. The monoisotopic (exact) mass is 381 g/mol. The highest BCUT2D eigenvalue weighted by molar-refractivity contribution is 6.31. The predicted octanol–water partition coefficient (Wildman–Crippen LogP) is 1.99. The van der Waals surface area contributed by atoms with Crippen molar-refractivity contribution in [1.82, 2.24) is 14.7 Å². The van der Waals surface area contributed by atoms with Crippen molar-refractivity contribution >= 4 is 11.6 Å². The van der Waals surface area contributed by atoms with Crippen LogP contribution in [-0.2, 0) is 19.6 Å². The third-order valence-corrected chi connectivity index (χ3v) is 4.79.